The van der Waals surface area contributed by atoms with Gasteiger partial charge in [-0.3, -0.25) is 5.41 Å². The van der Waals surface area contributed by atoms with E-state index in [9.17, 15) is 0 Å². The molecule has 5 nitrogen and oxygen atoms in total. The van der Waals surface area contributed by atoms with Crippen LogP contribution in [0.5, 0.6) is 0 Å². The van der Waals surface area contributed by atoms with Crippen LogP contribution in [-0.2, 0) is 6.42 Å². The summed E-state index contributed by atoms with van der Waals surface area (Å²) >= 11 is 0. The molecule has 1 aromatic rings. The molecule has 5 heteroatoms. The minimum atomic E-state index is -0.0254. The molecule has 2 rings (SSSR count). The number of hydrogen-bond acceptors (Lipinski definition) is 3. The first-order valence-corrected chi connectivity index (χ1v) is 4.81. The van der Waals surface area contributed by atoms with E-state index in [0.29, 0.717) is 5.92 Å². The van der Waals surface area contributed by atoms with Gasteiger partial charge in [0.05, 0.1) is 5.69 Å². The molecule has 1 aliphatic rings. The number of hydrogen-bond donors (Lipinski definition) is 3. The molecule has 76 valence electrons. The van der Waals surface area contributed by atoms with Crippen molar-refractivity contribution in [2.24, 2.45) is 5.73 Å². The summed E-state index contributed by atoms with van der Waals surface area (Å²) in [6, 6.07) is 0. The SMILES string of the molecule is CC(C)c1nn(C(=N)N)c2c1CCN2. The van der Waals surface area contributed by atoms with E-state index < -0.39 is 0 Å². The van der Waals surface area contributed by atoms with Crippen LogP contribution < -0.4 is 11.1 Å². The zero-order valence-electron chi connectivity index (χ0n) is 8.46. The summed E-state index contributed by atoms with van der Waals surface area (Å²) in [5, 5.41) is 14.9. The average molecular weight is 193 g/mol. The highest BCUT2D eigenvalue weighted by molar-refractivity contribution is 5.81. The van der Waals surface area contributed by atoms with E-state index >= 15 is 0 Å². The molecule has 0 radical (unpaired) electrons. The molecule has 2 heterocycles. The van der Waals surface area contributed by atoms with Gasteiger partial charge in [-0.15, -0.1) is 0 Å². The lowest BCUT2D eigenvalue weighted by Crippen LogP contribution is -2.23. The maximum Gasteiger partial charge on any atom is 0.215 e. The highest BCUT2D eigenvalue weighted by atomic mass is 15.4. The molecule has 0 aromatic carbocycles. The lowest BCUT2D eigenvalue weighted by atomic mass is 10.1. The van der Waals surface area contributed by atoms with Gasteiger partial charge in [0.1, 0.15) is 5.82 Å². The predicted octanol–water partition coefficient (Wildman–Crippen LogP) is 0.716. The number of nitrogen functional groups attached to an aromatic ring is 1. The van der Waals surface area contributed by atoms with Crippen LogP contribution in [0.3, 0.4) is 0 Å². The first-order chi connectivity index (χ1) is 6.61. The molecule has 0 saturated heterocycles. The van der Waals surface area contributed by atoms with Crippen molar-refractivity contribution in [3.05, 3.63) is 11.3 Å². The molecule has 0 amide bonds. The molecule has 0 spiro atoms. The minimum Gasteiger partial charge on any atom is -0.369 e. The second-order valence-corrected chi connectivity index (χ2v) is 3.84. The highest BCUT2D eigenvalue weighted by Crippen LogP contribution is 2.29. The summed E-state index contributed by atoms with van der Waals surface area (Å²) in [5.74, 6) is 1.26. The van der Waals surface area contributed by atoms with Crippen molar-refractivity contribution in [2.75, 3.05) is 11.9 Å². The molecule has 1 aliphatic heterocycles. The van der Waals surface area contributed by atoms with Gasteiger partial charge in [-0.2, -0.15) is 9.78 Å². The Kier molecular flexibility index (Phi) is 1.94. The number of rotatable bonds is 1. The topological polar surface area (TPSA) is 79.7 Å². The maximum absolute atomic E-state index is 7.40. The predicted molar refractivity (Wildman–Crippen MR) is 55.8 cm³/mol. The quantitative estimate of drug-likeness (QED) is 0.454. The molecule has 1 aromatic heterocycles. The summed E-state index contributed by atoms with van der Waals surface area (Å²) in [6.07, 6.45) is 0.982. The number of fused-ring (bicyclic) bond motifs is 1. The monoisotopic (exact) mass is 193 g/mol. The number of aromatic nitrogens is 2. The van der Waals surface area contributed by atoms with Gasteiger partial charge in [-0.05, 0) is 12.3 Å². The molecule has 0 fully saturated rings. The number of nitrogens with one attached hydrogen (secondary N) is 2. The molecule has 0 unspecified atom stereocenters. The lowest BCUT2D eigenvalue weighted by Gasteiger charge is -2.03. The summed E-state index contributed by atoms with van der Waals surface area (Å²) in [6.45, 7) is 5.12. The first kappa shape index (κ1) is 9.05. The molecular formula is C9H15N5. The van der Waals surface area contributed by atoms with E-state index in [0.717, 1.165) is 24.5 Å². The van der Waals surface area contributed by atoms with E-state index in [-0.39, 0.29) is 5.96 Å². The Balaban J connectivity index is 2.55. The van der Waals surface area contributed by atoms with Gasteiger partial charge in [0.2, 0.25) is 5.96 Å². The summed E-state index contributed by atoms with van der Waals surface area (Å²) in [4.78, 5) is 0. The summed E-state index contributed by atoms with van der Waals surface area (Å²) in [7, 11) is 0. The molecule has 4 N–H and O–H groups in total. The van der Waals surface area contributed by atoms with Gasteiger partial charge in [-0.1, -0.05) is 13.8 Å². The average Bonchev–Trinajstić information content (AvgIpc) is 2.59. The fourth-order valence-electron chi connectivity index (χ4n) is 1.84. The Labute approximate surface area is 82.8 Å². The molecule has 0 bridgehead atoms. The van der Waals surface area contributed by atoms with Crippen LogP contribution in [0.4, 0.5) is 5.82 Å². The van der Waals surface area contributed by atoms with Crippen molar-refractivity contribution in [1.82, 2.24) is 9.78 Å². The third-order valence-electron chi connectivity index (χ3n) is 2.46. The van der Waals surface area contributed by atoms with Crippen molar-refractivity contribution in [1.29, 1.82) is 5.41 Å². The van der Waals surface area contributed by atoms with Crippen LogP contribution in [0.1, 0.15) is 31.0 Å². The molecular weight excluding hydrogens is 178 g/mol. The Hall–Kier alpha value is -1.52. The van der Waals surface area contributed by atoms with Gasteiger partial charge >= 0.3 is 0 Å². The van der Waals surface area contributed by atoms with Crippen LogP contribution in [0.2, 0.25) is 0 Å². The second kappa shape index (κ2) is 3.01. The Bertz CT molecular complexity index is 377. The zero-order chi connectivity index (χ0) is 10.3. The molecule has 0 aliphatic carbocycles. The smallest absolute Gasteiger partial charge is 0.215 e. The maximum atomic E-state index is 7.40. The van der Waals surface area contributed by atoms with E-state index in [4.69, 9.17) is 11.1 Å². The standard InChI is InChI=1S/C9H15N5/c1-5(2)7-6-3-4-12-8(6)14(13-7)9(10)11/h5,12H,3-4H2,1-2H3,(H3,10,11). The van der Waals surface area contributed by atoms with Crippen LogP contribution in [0.15, 0.2) is 0 Å². The van der Waals surface area contributed by atoms with Crippen molar-refractivity contribution in [2.45, 2.75) is 26.2 Å². The van der Waals surface area contributed by atoms with E-state index in [1.807, 2.05) is 0 Å². The Morgan fingerprint density at radius 3 is 2.93 bits per heavy atom. The van der Waals surface area contributed by atoms with Crippen LogP contribution in [0, 0.1) is 5.41 Å². The van der Waals surface area contributed by atoms with E-state index in [1.54, 1.807) is 0 Å². The van der Waals surface area contributed by atoms with Gasteiger partial charge < -0.3 is 11.1 Å². The highest BCUT2D eigenvalue weighted by Gasteiger charge is 2.24. The van der Waals surface area contributed by atoms with Crippen LogP contribution in [-0.4, -0.2) is 22.3 Å². The van der Waals surface area contributed by atoms with Crippen LogP contribution >= 0.6 is 0 Å². The van der Waals surface area contributed by atoms with Gasteiger partial charge in [0, 0.05) is 12.1 Å². The van der Waals surface area contributed by atoms with E-state index in [2.05, 4.69) is 24.3 Å². The fourth-order valence-corrected chi connectivity index (χ4v) is 1.84. The van der Waals surface area contributed by atoms with Gasteiger partial charge in [0.25, 0.3) is 0 Å². The molecule has 0 atom stereocenters. The third-order valence-corrected chi connectivity index (χ3v) is 2.46. The summed E-state index contributed by atoms with van der Waals surface area (Å²) < 4.78 is 1.48. The van der Waals surface area contributed by atoms with E-state index in [1.165, 1.54) is 10.2 Å². The Morgan fingerprint density at radius 1 is 1.64 bits per heavy atom. The number of nitrogens with zero attached hydrogens (tertiary/aromatic N) is 2. The minimum absolute atomic E-state index is 0.0254. The van der Waals surface area contributed by atoms with Crippen molar-refractivity contribution in [3.63, 3.8) is 0 Å². The van der Waals surface area contributed by atoms with Gasteiger partial charge in [-0.25, -0.2) is 0 Å². The van der Waals surface area contributed by atoms with Crippen LogP contribution in [0.25, 0.3) is 0 Å². The molecule has 0 saturated carbocycles. The Morgan fingerprint density at radius 2 is 2.36 bits per heavy atom. The number of anilines is 1. The fraction of sp³-hybridized carbons (Fsp3) is 0.556. The third kappa shape index (κ3) is 1.16. The van der Waals surface area contributed by atoms with Gasteiger partial charge in [0.15, 0.2) is 0 Å². The summed E-state index contributed by atoms with van der Waals surface area (Å²) in [5.41, 5.74) is 7.72. The normalized spacial score (nSPS) is 14.2. The molecule has 14 heavy (non-hydrogen) atoms. The van der Waals surface area contributed by atoms with Crippen molar-refractivity contribution >= 4 is 11.8 Å². The first-order valence-electron chi connectivity index (χ1n) is 4.81. The number of nitrogens with two attached hydrogens (primary N) is 1. The van der Waals surface area contributed by atoms with Crippen molar-refractivity contribution in [3.8, 4) is 0 Å². The van der Waals surface area contributed by atoms with Crippen molar-refractivity contribution < 1.29 is 0 Å². The zero-order valence-corrected chi connectivity index (χ0v) is 8.46. The largest absolute Gasteiger partial charge is 0.369 e. The lowest BCUT2D eigenvalue weighted by molar-refractivity contribution is 0.766. The second-order valence-electron chi connectivity index (χ2n) is 3.84.